The third-order valence-electron chi connectivity index (χ3n) is 4.54. The van der Waals surface area contributed by atoms with Crippen LogP contribution in [0.3, 0.4) is 0 Å². The Bertz CT molecular complexity index is 948. The van der Waals surface area contributed by atoms with E-state index in [2.05, 4.69) is 26.5 Å². The minimum atomic E-state index is -0.131. The number of hydrogen-bond acceptors (Lipinski definition) is 5. The Morgan fingerprint density at radius 1 is 1.28 bits per heavy atom. The van der Waals surface area contributed by atoms with Crippen LogP contribution in [0.2, 0.25) is 0 Å². The van der Waals surface area contributed by atoms with Gasteiger partial charge < -0.3 is 9.84 Å². The molecular formula is C19H18N4O2. The summed E-state index contributed by atoms with van der Waals surface area (Å²) in [6.45, 7) is 3.67. The molecule has 0 saturated carbocycles. The average Bonchev–Trinajstić information content (AvgIpc) is 3.21. The molecule has 6 heteroatoms. The first-order chi connectivity index (χ1) is 12.1. The zero-order valence-corrected chi connectivity index (χ0v) is 14.1. The van der Waals surface area contributed by atoms with Crippen LogP contribution < -0.4 is 5.32 Å². The second-order valence-electron chi connectivity index (χ2n) is 6.28. The second-order valence-corrected chi connectivity index (χ2v) is 6.28. The number of carbonyl (C=O) groups is 1. The molecule has 1 amide bonds. The molecule has 0 fully saturated rings. The molecule has 2 aromatic heterocycles. The van der Waals surface area contributed by atoms with E-state index in [1.807, 2.05) is 31.2 Å². The summed E-state index contributed by atoms with van der Waals surface area (Å²) in [7, 11) is 0. The number of hydrogen-bond donors (Lipinski definition) is 1. The Morgan fingerprint density at radius 2 is 2.16 bits per heavy atom. The van der Waals surface area contributed by atoms with E-state index >= 15 is 0 Å². The zero-order valence-electron chi connectivity index (χ0n) is 14.1. The van der Waals surface area contributed by atoms with E-state index in [0.717, 1.165) is 29.5 Å². The molecule has 1 aromatic carbocycles. The van der Waals surface area contributed by atoms with Gasteiger partial charge in [-0.15, -0.1) is 0 Å². The molecule has 25 heavy (non-hydrogen) atoms. The van der Waals surface area contributed by atoms with Crippen molar-refractivity contribution in [1.82, 2.24) is 20.4 Å². The molecule has 1 N–H and O–H groups in total. The average molecular weight is 334 g/mol. The summed E-state index contributed by atoms with van der Waals surface area (Å²) in [6, 6.07) is 9.82. The van der Waals surface area contributed by atoms with Gasteiger partial charge in [0, 0.05) is 18.7 Å². The van der Waals surface area contributed by atoms with E-state index in [1.165, 1.54) is 5.56 Å². The molecule has 126 valence electrons. The summed E-state index contributed by atoms with van der Waals surface area (Å²) in [4.78, 5) is 21.0. The quantitative estimate of drug-likeness (QED) is 0.796. The maximum atomic E-state index is 12.5. The predicted molar refractivity (Wildman–Crippen MR) is 92.0 cm³/mol. The number of aromatic nitrogens is 3. The molecule has 1 atom stereocenters. The number of pyridine rings is 1. The number of carbonyl (C=O) groups excluding carboxylic acids is 1. The first-order valence-corrected chi connectivity index (χ1v) is 8.28. The molecular weight excluding hydrogens is 316 g/mol. The molecule has 4 rings (SSSR count). The Labute approximate surface area is 145 Å². The van der Waals surface area contributed by atoms with Crippen LogP contribution >= 0.6 is 0 Å². The molecule has 3 aromatic rings. The highest BCUT2D eigenvalue weighted by Crippen LogP contribution is 2.33. The van der Waals surface area contributed by atoms with Gasteiger partial charge in [0.05, 0.1) is 6.04 Å². The van der Waals surface area contributed by atoms with Crippen molar-refractivity contribution in [1.29, 1.82) is 0 Å². The fourth-order valence-electron chi connectivity index (χ4n) is 3.27. The van der Waals surface area contributed by atoms with Gasteiger partial charge >= 0.3 is 0 Å². The Morgan fingerprint density at radius 3 is 2.92 bits per heavy atom. The highest BCUT2D eigenvalue weighted by molar-refractivity contribution is 5.93. The highest BCUT2D eigenvalue weighted by atomic mass is 16.5. The number of amides is 1. The van der Waals surface area contributed by atoms with Gasteiger partial charge in [-0.3, -0.25) is 9.78 Å². The van der Waals surface area contributed by atoms with Gasteiger partial charge in [0.25, 0.3) is 5.91 Å². The molecule has 1 unspecified atom stereocenters. The van der Waals surface area contributed by atoms with Gasteiger partial charge in [-0.1, -0.05) is 23.4 Å². The summed E-state index contributed by atoms with van der Waals surface area (Å²) >= 11 is 0. The topological polar surface area (TPSA) is 80.9 Å². The van der Waals surface area contributed by atoms with Crippen LogP contribution in [-0.4, -0.2) is 21.0 Å². The Balaban J connectivity index is 1.56. The maximum absolute atomic E-state index is 12.5. The number of benzene rings is 1. The number of fused-ring (bicyclic) bond motifs is 1. The Kier molecular flexibility index (Phi) is 3.80. The van der Waals surface area contributed by atoms with E-state index in [9.17, 15) is 4.79 Å². The Hall–Kier alpha value is -3.02. The lowest BCUT2D eigenvalue weighted by Gasteiger charge is -2.15. The van der Waals surface area contributed by atoms with Crippen molar-refractivity contribution >= 4 is 5.91 Å². The maximum Gasteiger partial charge on any atom is 0.270 e. The van der Waals surface area contributed by atoms with Crippen LogP contribution in [0.1, 0.15) is 45.5 Å². The van der Waals surface area contributed by atoms with E-state index in [4.69, 9.17) is 4.52 Å². The molecule has 0 spiro atoms. The third-order valence-corrected chi connectivity index (χ3v) is 4.54. The lowest BCUT2D eigenvalue weighted by Crippen LogP contribution is -2.28. The predicted octanol–water partition coefficient (Wildman–Crippen LogP) is 3.17. The fraction of sp³-hybridized carbons (Fsp3) is 0.263. The number of aryl methyl sites for hydroxylation is 3. The summed E-state index contributed by atoms with van der Waals surface area (Å²) in [5.74, 6) is 1.01. The minimum Gasteiger partial charge on any atom is -0.344 e. The van der Waals surface area contributed by atoms with E-state index in [-0.39, 0.29) is 11.9 Å². The van der Waals surface area contributed by atoms with Gasteiger partial charge in [-0.2, -0.15) is 4.98 Å². The molecule has 0 bridgehead atoms. The molecule has 2 heterocycles. The fourth-order valence-corrected chi connectivity index (χ4v) is 3.27. The number of rotatable bonds is 3. The monoisotopic (exact) mass is 334 g/mol. The first-order valence-electron chi connectivity index (χ1n) is 8.28. The molecule has 0 saturated heterocycles. The van der Waals surface area contributed by atoms with Crippen molar-refractivity contribution in [3.05, 3.63) is 64.8 Å². The minimum absolute atomic E-state index is 0.00459. The smallest absolute Gasteiger partial charge is 0.270 e. The van der Waals surface area contributed by atoms with Gasteiger partial charge in [-0.25, -0.2) is 0 Å². The van der Waals surface area contributed by atoms with Crippen molar-refractivity contribution in [3.8, 4) is 11.4 Å². The van der Waals surface area contributed by atoms with Crippen molar-refractivity contribution in [3.63, 3.8) is 0 Å². The molecule has 0 radical (unpaired) electrons. The van der Waals surface area contributed by atoms with Crippen LogP contribution in [0.15, 0.2) is 41.1 Å². The summed E-state index contributed by atoms with van der Waals surface area (Å²) < 4.78 is 5.05. The molecule has 6 nitrogen and oxygen atoms in total. The number of nitrogens with zero attached hydrogens (tertiary/aromatic N) is 3. The summed E-state index contributed by atoms with van der Waals surface area (Å²) in [5.41, 5.74) is 4.65. The van der Waals surface area contributed by atoms with Gasteiger partial charge in [0.15, 0.2) is 0 Å². The van der Waals surface area contributed by atoms with E-state index < -0.39 is 0 Å². The van der Waals surface area contributed by atoms with Crippen molar-refractivity contribution in [2.45, 2.75) is 32.7 Å². The van der Waals surface area contributed by atoms with Crippen LogP contribution in [0.25, 0.3) is 11.4 Å². The van der Waals surface area contributed by atoms with Crippen molar-refractivity contribution in [2.75, 3.05) is 0 Å². The van der Waals surface area contributed by atoms with Crippen molar-refractivity contribution < 1.29 is 9.32 Å². The van der Waals surface area contributed by atoms with E-state index in [1.54, 1.807) is 13.1 Å². The van der Waals surface area contributed by atoms with Crippen LogP contribution in [-0.2, 0) is 6.42 Å². The molecule has 1 aliphatic carbocycles. The lowest BCUT2D eigenvalue weighted by atomic mass is 10.0. The summed E-state index contributed by atoms with van der Waals surface area (Å²) in [5, 5.41) is 7.07. The van der Waals surface area contributed by atoms with Crippen LogP contribution in [0, 0.1) is 13.8 Å². The van der Waals surface area contributed by atoms with E-state index in [0.29, 0.717) is 17.4 Å². The SMILES string of the molecule is Cc1nc(-c2ccc3c(c2)CCC3NC(=O)c2ncccc2C)no1. The van der Waals surface area contributed by atoms with Gasteiger partial charge in [-0.05, 0) is 48.6 Å². The van der Waals surface area contributed by atoms with Gasteiger partial charge in [0.2, 0.25) is 11.7 Å². The normalized spacial score (nSPS) is 15.8. The number of nitrogens with one attached hydrogen (secondary N) is 1. The zero-order chi connectivity index (χ0) is 17.4. The summed E-state index contributed by atoms with van der Waals surface area (Å²) in [6.07, 6.45) is 3.43. The third kappa shape index (κ3) is 2.91. The standard InChI is InChI=1S/C19H18N4O2/c1-11-4-3-9-20-17(11)19(24)22-16-8-6-13-10-14(5-7-15(13)16)18-21-12(2)25-23-18/h3-5,7,9-10,16H,6,8H2,1-2H3,(H,22,24). The highest BCUT2D eigenvalue weighted by Gasteiger charge is 2.26. The molecule has 0 aliphatic heterocycles. The largest absolute Gasteiger partial charge is 0.344 e. The van der Waals surface area contributed by atoms with Crippen LogP contribution in [0.4, 0.5) is 0 Å². The van der Waals surface area contributed by atoms with Crippen LogP contribution in [0.5, 0.6) is 0 Å². The second kappa shape index (κ2) is 6.12. The van der Waals surface area contributed by atoms with Crippen molar-refractivity contribution in [2.24, 2.45) is 0 Å². The lowest BCUT2D eigenvalue weighted by molar-refractivity contribution is 0.0931. The molecule has 1 aliphatic rings. The first kappa shape index (κ1) is 15.5. The van der Waals surface area contributed by atoms with Gasteiger partial charge in [0.1, 0.15) is 5.69 Å².